The van der Waals surface area contributed by atoms with E-state index in [1.54, 1.807) is 0 Å². The highest BCUT2D eigenvalue weighted by Gasteiger charge is 2.15. The van der Waals surface area contributed by atoms with Crippen molar-refractivity contribution in [1.82, 2.24) is 9.97 Å². The Bertz CT molecular complexity index is 822. The van der Waals surface area contributed by atoms with Crippen molar-refractivity contribution in [1.29, 1.82) is 0 Å². The van der Waals surface area contributed by atoms with Gasteiger partial charge in [0.2, 0.25) is 0 Å². The van der Waals surface area contributed by atoms with Gasteiger partial charge in [-0.25, -0.2) is 4.79 Å². The van der Waals surface area contributed by atoms with Gasteiger partial charge in [0, 0.05) is 5.56 Å². The Hall–Kier alpha value is -2.01. The number of halogens is 1. The molecule has 0 spiro atoms. The summed E-state index contributed by atoms with van der Waals surface area (Å²) in [6, 6.07) is 13.8. The number of hydrogen-bond donors (Lipinski definition) is 2. The molecule has 1 atom stereocenters. The van der Waals surface area contributed by atoms with Crippen molar-refractivity contribution < 1.29 is 4.74 Å². The van der Waals surface area contributed by atoms with Gasteiger partial charge in [-0.3, -0.25) is 0 Å². The minimum atomic E-state index is -0.192. The Morgan fingerprint density at radius 1 is 1.14 bits per heavy atom. The van der Waals surface area contributed by atoms with E-state index in [2.05, 4.69) is 25.9 Å². The van der Waals surface area contributed by atoms with Crippen molar-refractivity contribution in [3.8, 4) is 5.75 Å². The standard InChI is InChI=1S/C16H15BrN2O2/c1-2-21-14-6-4-3-5-11(14)15(17)10-7-8-12-13(9-10)19-16(20)18-12/h3-9,15H,2H2,1H3,(H2,18,19,20). The molecule has 0 aliphatic heterocycles. The van der Waals surface area contributed by atoms with Crippen LogP contribution in [0.25, 0.3) is 11.0 Å². The lowest BCUT2D eigenvalue weighted by Crippen LogP contribution is -2.00. The highest BCUT2D eigenvalue weighted by atomic mass is 79.9. The van der Waals surface area contributed by atoms with Gasteiger partial charge in [-0.05, 0) is 30.7 Å². The van der Waals surface area contributed by atoms with Gasteiger partial charge in [0.15, 0.2) is 0 Å². The SMILES string of the molecule is CCOc1ccccc1C(Br)c1ccc2[nH]c(=O)[nH]c2c1. The number of ether oxygens (including phenoxy) is 1. The molecule has 3 aromatic rings. The molecule has 0 bridgehead atoms. The summed E-state index contributed by atoms with van der Waals surface area (Å²) >= 11 is 3.73. The van der Waals surface area contributed by atoms with Crippen molar-refractivity contribution in [3.63, 3.8) is 0 Å². The van der Waals surface area contributed by atoms with Gasteiger partial charge in [0.05, 0.1) is 22.5 Å². The second kappa shape index (κ2) is 5.77. The van der Waals surface area contributed by atoms with E-state index >= 15 is 0 Å². The van der Waals surface area contributed by atoms with E-state index < -0.39 is 0 Å². The minimum Gasteiger partial charge on any atom is -0.494 e. The van der Waals surface area contributed by atoms with Crippen molar-refractivity contribution in [2.24, 2.45) is 0 Å². The molecule has 4 nitrogen and oxygen atoms in total. The number of aromatic nitrogens is 2. The fourth-order valence-electron chi connectivity index (χ4n) is 2.36. The van der Waals surface area contributed by atoms with E-state index in [1.807, 2.05) is 49.4 Å². The predicted molar refractivity (Wildman–Crippen MR) is 87.3 cm³/mol. The fourth-order valence-corrected chi connectivity index (χ4v) is 3.03. The van der Waals surface area contributed by atoms with Crippen LogP contribution in [0.4, 0.5) is 0 Å². The Morgan fingerprint density at radius 3 is 2.71 bits per heavy atom. The first kappa shape index (κ1) is 13.9. The third kappa shape index (κ3) is 2.74. The molecule has 108 valence electrons. The molecular weight excluding hydrogens is 332 g/mol. The Balaban J connectivity index is 2.03. The van der Waals surface area contributed by atoms with Crippen LogP contribution in [0.2, 0.25) is 0 Å². The van der Waals surface area contributed by atoms with Crippen molar-refractivity contribution in [2.75, 3.05) is 6.61 Å². The maximum Gasteiger partial charge on any atom is 0.323 e. The van der Waals surface area contributed by atoms with Gasteiger partial charge in [-0.15, -0.1) is 0 Å². The van der Waals surface area contributed by atoms with Crippen LogP contribution < -0.4 is 10.4 Å². The molecule has 0 saturated heterocycles. The lowest BCUT2D eigenvalue weighted by Gasteiger charge is -2.15. The quantitative estimate of drug-likeness (QED) is 0.707. The summed E-state index contributed by atoms with van der Waals surface area (Å²) in [5.41, 5.74) is 3.54. The second-order valence-corrected chi connectivity index (χ2v) is 5.63. The topological polar surface area (TPSA) is 57.9 Å². The lowest BCUT2D eigenvalue weighted by molar-refractivity contribution is 0.337. The molecule has 0 aliphatic rings. The van der Waals surface area contributed by atoms with Crippen LogP contribution in [0.1, 0.15) is 22.9 Å². The third-order valence-electron chi connectivity index (χ3n) is 3.32. The number of fused-ring (bicyclic) bond motifs is 1. The van der Waals surface area contributed by atoms with Crippen molar-refractivity contribution in [2.45, 2.75) is 11.8 Å². The van der Waals surface area contributed by atoms with Crippen LogP contribution in [0.15, 0.2) is 47.3 Å². The average Bonchev–Trinajstić information content (AvgIpc) is 2.86. The van der Waals surface area contributed by atoms with E-state index in [1.165, 1.54) is 0 Å². The number of rotatable bonds is 4. The number of hydrogen-bond acceptors (Lipinski definition) is 2. The Labute approximate surface area is 130 Å². The molecular formula is C16H15BrN2O2. The third-order valence-corrected chi connectivity index (χ3v) is 4.35. The van der Waals surface area contributed by atoms with Crippen LogP contribution >= 0.6 is 15.9 Å². The number of imidazole rings is 1. The molecule has 5 heteroatoms. The zero-order valence-electron chi connectivity index (χ0n) is 11.5. The lowest BCUT2D eigenvalue weighted by atomic mass is 10.0. The van der Waals surface area contributed by atoms with Crippen LogP contribution in [0.5, 0.6) is 5.75 Å². The van der Waals surface area contributed by atoms with E-state index in [4.69, 9.17) is 4.74 Å². The van der Waals surface area contributed by atoms with Gasteiger partial charge in [0.1, 0.15) is 5.75 Å². The molecule has 3 rings (SSSR count). The summed E-state index contributed by atoms with van der Waals surface area (Å²) in [5, 5.41) is 0. The number of nitrogens with one attached hydrogen (secondary N) is 2. The zero-order chi connectivity index (χ0) is 14.8. The van der Waals surface area contributed by atoms with E-state index in [-0.39, 0.29) is 10.5 Å². The number of alkyl halides is 1. The van der Waals surface area contributed by atoms with Gasteiger partial charge in [-0.2, -0.15) is 0 Å². The monoisotopic (exact) mass is 346 g/mol. The van der Waals surface area contributed by atoms with Crippen LogP contribution in [-0.2, 0) is 0 Å². The van der Waals surface area contributed by atoms with Gasteiger partial charge in [0.25, 0.3) is 0 Å². The first-order chi connectivity index (χ1) is 10.2. The van der Waals surface area contributed by atoms with Gasteiger partial charge < -0.3 is 14.7 Å². The van der Waals surface area contributed by atoms with E-state index in [0.717, 1.165) is 27.9 Å². The summed E-state index contributed by atoms with van der Waals surface area (Å²) in [6.45, 7) is 2.59. The summed E-state index contributed by atoms with van der Waals surface area (Å²) in [4.78, 5) is 16.9. The average molecular weight is 347 g/mol. The first-order valence-electron chi connectivity index (χ1n) is 6.76. The maximum absolute atomic E-state index is 11.3. The molecule has 0 aliphatic carbocycles. The molecule has 1 heterocycles. The van der Waals surface area contributed by atoms with Crippen LogP contribution in [-0.4, -0.2) is 16.6 Å². The maximum atomic E-state index is 11.3. The molecule has 21 heavy (non-hydrogen) atoms. The second-order valence-electron chi connectivity index (χ2n) is 4.72. The molecule has 0 amide bonds. The van der Waals surface area contributed by atoms with Crippen LogP contribution in [0.3, 0.4) is 0 Å². The smallest absolute Gasteiger partial charge is 0.323 e. The number of para-hydroxylation sites is 1. The largest absolute Gasteiger partial charge is 0.494 e. The molecule has 0 radical (unpaired) electrons. The number of H-pyrrole nitrogens is 2. The van der Waals surface area contributed by atoms with Gasteiger partial charge in [-0.1, -0.05) is 40.2 Å². The van der Waals surface area contributed by atoms with E-state index in [9.17, 15) is 4.79 Å². The number of aromatic amines is 2. The normalized spacial score (nSPS) is 12.5. The zero-order valence-corrected chi connectivity index (χ0v) is 13.1. The molecule has 2 N–H and O–H groups in total. The molecule has 2 aromatic carbocycles. The minimum absolute atomic E-state index is 0.00283. The number of benzene rings is 2. The summed E-state index contributed by atoms with van der Waals surface area (Å²) < 4.78 is 5.68. The molecule has 0 saturated carbocycles. The predicted octanol–water partition coefficient (Wildman–Crippen LogP) is 3.74. The fraction of sp³-hybridized carbons (Fsp3) is 0.188. The summed E-state index contributed by atoms with van der Waals surface area (Å²) in [7, 11) is 0. The van der Waals surface area contributed by atoms with Crippen molar-refractivity contribution in [3.05, 3.63) is 64.1 Å². The van der Waals surface area contributed by atoms with E-state index in [0.29, 0.717) is 6.61 Å². The van der Waals surface area contributed by atoms with Crippen LogP contribution in [0, 0.1) is 0 Å². The molecule has 0 fully saturated rings. The summed E-state index contributed by atoms with van der Waals surface area (Å²) in [6.07, 6.45) is 0. The highest BCUT2D eigenvalue weighted by Crippen LogP contribution is 2.37. The molecule has 1 unspecified atom stereocenters. The first-order valence-corrected chi connectivity index (χ1v) is 7.68. The molecule has 1 aromatic heterocycles. The Morgan fingerprint density at radius 2 is 1.90 bits per heavy atom. The summed E-state index contributed by atoms with van der Waals surface area (Å²) in [5.74, 6) is 0.865. The van der Waals surface area contributed by atoms with Gasteiger partial charge >= 0.3 is 5.69 Å². The van der Waals surface area contributed by atoms with Crippen molar-refractivity contribution >= 4 is 27.0 Å². The highest BCUT2D eigenvalue weighted by molar-refractivity contribution is 9.09. The Kier molecular flexibility index (Phi) is 3.84.